The average molecular weight is 274 g/mol. The summed E-state index contributed by atoms with van der Waals surface area (Å²) in [4.78, 5) is 2.35. The van der Waals surface area contributed by atoms with Gasteiger partial charge in [-0.1, -0.05) is 32.1 Å². The first-order valence-electron chi connectivity index (χ1n) is 7.25. The van der Waals surface area contributed by atoms with Crippen molar-refractivity contribution in [2.75, 3.05) is 12.3 Å². The molecule has 0 atom stereocenters. The van der Waals surface area contributed by atoms with Gasteiger partial charge in [-0.05, 0) is 25.7 Å². The summed E-state index contributed by atoms with van der Waals surface area (Å²) in [6.45, 7) is 0.446. The van der Waals surface area contributed by atoms with Gasteiger partial charge >= 0.3 is 0 Å². The van der Waals surface area contributed by atoms with Gasteiger partial charge in [0.15, 0.2) is 0 Å². The zero-order valence-electron chi connectivity index (χ0n) is 11.0. The normalized spacial score (nSPS) is 23.9. The summed E-state index contributed by atoms with van der Waals surface area (Å²) in [5.74, 6) is -0.222. The molecule has 0 saturated heterocycles. The zero-order valence-corrected chi connectivity index (χ0v) is 11.8. The zero-order chi connectivity index (χ0) is 13.0. The van der Waals surface area contributed by atoms with Crippen LogP contribution >= 0.6 is 0 Å². The summed E-state index contributed by atoms with van der Waals surface area (Å²) in [5.41, 5.74) is 0. The molecule has 0 aromatic rings. The van der Waals surface area contributed by atoms with Crippen LogP contribution in [0, 0.1) is 0 Å². The topological polar surface area (TPSA) is 60.4 Å². The second-order valence-electron chi connectivity index (χ2n) is 5.73. The summed E-state index contributed by atoms with van der Waals surface area (Å²) in [6.07, 6.45) is 11.0. The molecule has 2 fully saturated rings. The monoisotopic (exact) mass is 274 g/mol. The van der Waals surface area contributed by atoms with Gasteiger partial charge in [0.05, 0.1) is 15.9 Å². The minimum Gasteiger partial charge on any atom is -0.748 e. The molecule has 0 amide bonds. The molecule has 2 rings (SSSR count). The molecule has 0 aliphatic heterocycles. The van der Waals surface area contributed by atoms with Crippen molar-refractivity contribution in [1.29, 1.82) is 0 Å². The highest BCUT2D eigenvalue weighted by molar-refractivity contribution is 7.85. The Labute approximate surface area is 110 Å². The summed E-state index contributed by atoms with van der Waals surface area (Å²) in [7, 11) is -4.08. The number of rotatable bonds is 5. The molecule has 0 heterocycles. The Hall–Kier alpha value is -0.130. The van der Waals surface area contributed by atoms with Crippen LogP contribution in [0.5, 0.6) is 0 Å². The van der Waals surface area contributed by atoms with Gasteiger partial charge in [0.2, 0.25) is 0 Å². The van der Waals surface area contributed by atoms with E-state index in [0.717, 1.165) is 0 Å². The lowest BCUT2D eigenvalue weighted by molar-refractivity contribution is 0.113. The largest absolute Gasteiger partial charge is 0.748 e. The lowest BCUT2D eigenvalue weighted by atomic mass is 9.93. The van der Waals surface area contributed by atoms with Crippen LogP contribution in [0.3, 0.4) is 0 Å². The molecule has 0 unspecified atom stereocenters. The Balaban J connectivity index is 1.96. The van der Waals surface area contributed by atoms with Crippen LogP contribution in [0.15, 0.2) is 0 Å². The van der Waals surface area contributed by atoms with Crippen LogP contribution in [0.25, 0.3) is 0 Å². The van der Waals surface area contributed by atoms with Gasteiger partial charge in [-0.25, -0.2) is 8.42 Å². The van der Waals surface area contributed by atoms with E-state index in [-0.39, 0.29) is 5.75 Å². The van der Waals surface area contributed by atoms with Gasteiger partial charge in [-0.15, -0.1) is 0 Å². The van der Waals surface area contributed by atoms with E-state index in [0.29, 0.717) is 18.6 Å². The van der Waals surface area contributed by atoms with Crippen molar-refractivity contribution in [1.82, 2.24) is 4.90 Å². The van der Waals surface area contributed by atoms with Crippen molar-refractivity contribution < 1.29 is 13.0 Å². The summed E-state index contributed by atoms with van der Waals surface area (Å²) < 4.78 is 32.6. The highest BCUT2D eigenvalue weighted by Gasteiger charge is 2.29. The van der Waals surface area contributed by atoms with E-state index < -0.39 is 10.1 Å². The molecule has 2 aliphatic rings. The summed E-state index contributed by atoms with van der Waals surface area (Å²) in [6, 6.07) is 1.04. The molecule has 0 bridgehead atoms. The third kappa shape index (κ3) is 4.21. The van der Waals surface area contributed by atoms with Gasteiger partial charge in [-0.2, -0.15) is 0 Å². The fraction of sp³-hybridized carbons (Fsp3) is 1.00. The molecule has 4 nitrogen and oxygen atoms in total. The maximum absolute atomic E-state index is 10.9. The average Bonchev–Trinajstić information content (AvgIpc) is 2.83. The molecule has 2 saturated carbocycles. The molecule has 0 spiro atoms. The molecule has 0 aromatic heterocycles. The van der Waals surface area contributed by atoms with Gasteiger partial charge in [0.1, 0.15) is 0 Å². The third-order valence-corrected chi connectivity index (χ3v) is 5.12. The number of hydrogen-bond donors (Lipinski definition) is 0. The molecule has 2 aliphatic carbocycles. The maximum Gasteiger partial charge on any atom is 0.0958 e. The first kappa shape index (κ1) is 14.3. The van der Waals surface area contributed by atoms with Crippen LogP contribution in [-0.2, 0) is 10.1 Å². The minimum absolute atomic E-state index is 0.222. The standard InChI is InChI=1S/C13H25NO3S/c15-18(16,17)11-10-14(13-8-4-5-9-13)12-6-2-1-3-7-12/h12-13H,1-11H2,(H,15,16,17)/p-1. The first-order valence-corrected chi connectivity index (χ1v) is 8.83. The smallest absolute Gasteiger partial charge is 0.0958 e. The molecular formula is C13H24NO3S-. The van der Waals surface area contributed by atoms with Crippen molar-refractivity contribution in [3.63, 3.8) is 0 Å². The van der Waals surface area contributed by atoms with Gasteiger partial charge < -0.3 is 4.55 Å². The van der Waals surface area contributed by atoms with Crippen molar-refractivity contribution in [2.24, 2.45) is 0 Å². The molecule has 0 aromatic carbocycles. The van der Waals surface area contributed by atoms with E-state index in [1.807, 2.05) is 0 Å². The first-order chi connectivity index (χ1) is 8.56. The number of nitrogens with zero attached hydrogens (tertiary/aromatic N) is 1. The maximum atomic E-state index is 10.9. The molecule has 18 heavy (non-hydrogen) atoms. The van der Waals surface area contributed by atoms with Gasteiger partial charge in [-0.3, -0.25) is 4.90 Å². The Kier molecular flexibility index (Phi) is 5.04. The summed E-state index contributed by atoms with van der Waals surface area (Å²) in [5, 5.41) is 0. The van der Waals surface area contributed by atoms with E-state index in [1.54, 1.807) is 0 Å². The van der Waals surface area contributed by atoms with Crippen LogP contribution in [-0.4, -0.2) is 42.3 Å². The van der Waals surface area contributed by atoms with E-state index in [1.165, 1.54) is 57.8 Å². The Morgan fingerprint density at radius 1 is 0.889 bits per heavy atom. The lowest BCUT2D eigenvalue weighted by Crippen LogP contribution is -2.45. The van der Waals surface area contributed by atoms with Crippen molar-refractivity contribution in [3.05, 3.63) is 0 Å². The predicted molar refractivity (Wildman–Crippen MR) is 70.4 cm³/mol. The van der Waals surface area contributed by atoms with Crippen molar-refractivity contribution >= 4 is 10.1 Å². The van der Waals surface area contributed by atoms with Gasteiger partial charge in [0.25, 0.3) is 0 Å². The van der Waals surface area contributed by atoms with Crippen LogP contribution < -0.4 is 0 Å². The minimum atomic E-state index is -4.08. The van der Waals surface area contributed by atoms with E-state index >= 15 is 0 Å². The van der Waals surface area contributed by atoms with Crippen LogP contribution in [0.2, 0.25) is 0 Å². The second kappa shape index (κ2) is 6.35. The Morgan fingerprint density at radius 3 is 1.78 bits per heavy atom. The molecule has 0 radical (unpaired) electrons. The van der Waals surface area contributed by atoms with E-state index in [2.05, 4.69) is 4.90 Å². The van der Waals surface area contributed by atoms with Crippen molar-refractivity contribution in [2.45, 2.75) is 69.9 Å². The molecular weight excluding hydrogens is 250 g/mol. The summed E-state index contributed by atoms with van der Waals surface area (Å²) >= 11 is 0. The molecule has 0 N–H and O–H groups in total. The third-order valence-electron chi connectivity index (χ3n) is 4.44. The number of hydrogen-bond acceptors (Lipinski definition) is 4. The van der Waals surface area contributed by atoms with E-state index in [4.69, 9.17) is 0 Å². The lowest BCUT2D eigenvalue weighted by Gasteiger charge is -2.38. The fourth-order valence-corrected chi connectivity index (χ4v) is 3.96. The molecule has 5 heteroatoms. The predicted octanol–water partition coefficient (Wildman–Crippen LogP) is 2.11. The Morgan fingerprint density at radius 2 is 1.33 bits per heavy atom. The second-order valence-corrected chi connectivity index (χ2v) is 7.25. The molecule has 106 valence electrons. The van der Waals surface area contributed by atoms with Crippen LogP contribution in [0.1, 0.15) is 57.8 Å². The Bertz CT molecular complexity index is 343. The van der Waals surface area contributed by atoms with Gasteiger partial charge in [0, 0.05) is 18.6 Å². The van der Waals surface area contributed by atoms with Crippen LogP contribution in [0.4, 0.5) is 0 Å². The van der Waals surface area contributed by atoms with Crippen molar-refractivity contribution in [3.8, 4) is 0 Å². The highest BCUT2D eigenvalue weighted by Crippen LogP contribution is 2.30. The quantitative estimate of drug-likeness (QED) is 0.720. The highest BCUT2D eigenvalue weighted by atomic mass is 32.2. The SMILES string of the molecule is O=S(=O)([O-])CCN(C1CCCCC1)C1CCCC1. The van der Waals surface area contributed by atoms with E-state index in [9.17, 15) is 13.0 Å². The fourth-order valence-electron chi connectivity index (χ4n) is 3.53.